The minimum Gasteiger partial charge on any atom is -0.493 e. The van der Waals surface area contributed by atoms with Crippen LogP contribution in [0.5, 0.6) is 11.5 Å². The van der Waals surface area contributed by atoms with Crippen LogP contribution in [0.1, 0.15) is 22.8 Å². The number of thioether (sulfide) groups is 1. The van der Waals surface area contributed by atoms with E-state index >= 15 is 0 Å². The van der Waals surface area contributed by atoms with Crippen LogP contribution < -0.4 is 9.47 Å². The van der Waals surface area contributed by atoms with Crippen molar-refractivity contribution in [2.75, 3.05) is 14.2 Å². The van der Waals surface area contributed by atoms with E-state index in [1.54, 1.807) is 56.6 Å². The highest BCUT2D eigenvalue weighted by atomic mass is 32.2. The number of methoxy groups -OCH3 is 2. The lowest BCUT2D eigenvalue weighted by molar-refractivity contribution is -0.386. The second-order valence-electron chi connectivity index (χ2n) is 6.22. The van der Waals surface area contributed by atoms with Crippen LogP contribution in [0.3, 0.4) is 0 Å². The molecule has 12 heteroatoms. The average Bonchev–Trinajstić information content (AvgIpc) is 3.22. The van der Waals surface area contributed by atoms with Crippen LogP contribution in [0.2, 0.25) is 0 Å². The van der Waals surface area contributed by atoms with Gasteiger partial charge in [0.2, 0.25) is 5.16 Å². The van der Waals surface area contributed by atoms with Crippen molar-refractivity contribution in [3.8, 4) is 11.5 Å². The lowest BCUT2D eigenvalue weighted by Crippen LogP contribution is -2.03. The van der Waals surface area contributed by atoms with E-state index in [-0.39, 0.29) is 5.69 Å². The SMILES string of the molecule is COc1cccc(/C=N\n2c(C)nnc2SCn2nc(C)c([N+](=O)[O-])c2C)c1OC. The lowest BCUT2D eigenvalue weighted by atomic mass is 10.2. The number of hydrogen-bond donors (Lipinski definition) is 0. The van der Waals surface area contributed by atoms with Gasteiger partial charge in [-0.05, 0) is 32.9 Å². The van der Waals surface area contributed by atoms with Gasteiger partial charge in [0, 0.05) is 5.56 Å². The number of benzene rings is 1. The number of nitrogens with zero attached hydrogens (tertiary/aromatic N) is 7. The largest absolute Gasteiger partial charge is 0.493 e. The van der Waals surface area contributed by atoms with Crippen molar-refractivity contribution in [2.24, 2.45) is 5.10 Å². The number of hydrogen-bond acceptors (Lipinski definition) is 9. The highest BCUT2D eigenvalue weighted by Gasteiger charge is 2.22. The number of rotatable bonds is 8. The summed E-state index contributed by atoms with van der Waals surface area (Å²) in [5.74, 6) is 2.09. The van der Waals surface area contributed by atoms with E-state index in [1.165, 1.54) is 11.8 Å². The summed E-state index contributed by atoms with van der Waals surface area (Å²) < 4.78 is 13.9. The number of ether oxygens (including phenoxy) is 2. The molecule has 0 atom stereocenters. The maximum Gasteiger partial charge on any atom is 0.312 e. The standard InChI is InChI=1S/C18H21N7O4S/c1-11-16(25(26)27)12(2)23(22-11)10-30-18-21-20-13(3)24(18)19-9-14-7-6-8-15(28-4)17(14)29-5/h6-9H,10H2,1-5H3/b19-9-. The van der Waals surface area contributed by atoms with E-state index < -0.39 is 4.92 Å². The van der Waals surface area contributed by atoms with Crippen molar-refractivity contribution in [3.05, 3.63) is 51.1 Å². The summed E-state index contributed by atoms with van der Waals surface area (Å²) in [4.78, 5) is 10.8. The zero-order chi connectivity index (χ0) is 21.8. The van der Waals surface area contributed by atoms with Crippen LogP contribution in [0.25, 0.3) is 0 Å². The van der Waals surface area contributed by atoms with Gasteiger partial charge in [-0.1, -0.05) is 17.8 Å². The Labute approximate surface area is 176 Å². The van der Waals surface area contributed by atoms with Gasteiger partial charge in [0.1, 0.15) is 11.4 Å². The summed E-state index contributed by atoms with van der Waals surface area (Å²) in [7, 11) is 3.13. The fraction of sp³-hybridized carbons (Fsp3) is 0.333. The molecule has 0 amide bonds. The van der Waals surface area contributed by atoms with Crippen LogP contribution in [0.15, 0.2) is 28.5 Å². The molecule has 158 valence electrons. The van der Waals surface area contributed by atoms with Gasteiger partial charge in [0.25, 0.3) is 0 Å². The molecule has 3 aromatic rings. The molecule has 3 rings (SSSR count). The van der Waals surface area contributed by atoms with Gasteiger partial charge >= 0.3 is 5.69 Å². The zero-order valence-corrected chi connectivity index (χ0v) is 18.0. The molecule has 0 aliphatic carbocycles. The second-order valence-corrected chi connectivity index (χ2v) is 7.13. The third kappa shape index (κ3) is 4.13. The Morgan fingerprint density at radius 3 is 2.63 bits per heavy atom. The summed E-state index contributed by atoms with van der Waals surface area (Å²) in [5, 5.41) is 28.7. The van der Waals surface area contributed by atoms with E-state index in [0.717, 1.165) is 5.56 Å². The maximum atomic E-state index is 11.2. The van der Waals surface area contributed by atoms with Gasteiger partial charge < -0.3 is 9.47 Å². The topological polar surface area (TPSA) is 122 Å². The summed E-state index contributed by atoms with van der Waals surface area (Å²) in [6.07, 6.45) is 1.63. The fourth-order valence-electron chi connectivity index (χ4n) is 2.89. The van der Waals surface area contributed by atoms with Gasteiger partial charge in [0.15, 0.2) is 17.3 Å². The molecule has 0 unspecified atom stereocenters. The number of aromatic nitrogens is 5. The molecule has 0 spiro atoms. The van der Waals surface area contributed by atoms with Crippen molar-refractivity contribution in [1.29, 1.82) is 0 Å². The smallest absolute Gasteiger partial charge is 0.312 e. The summed E-state index contributed by atoms with van der Waals surface area (Å²) in [6.45, 7) is 5.07. The number of aryl methyl sites for hydroxylation is 2. The van der Waals surface area contributed by atoms with Crippen molar-refractivity contribution >= 4 is 23.7 Å². The first kappa shape index (κ1) is 21.3. The first-order chi connectivity index (χ1) is 14.4. The molecule has 0 saturated carbocycles. The first-order valence-electron chi connectivity index (χ1n) is 8.86. The Balaban J connectivity index is 1.84. The quantitative estimate of drug-likeness (QED) is 0.231. The van der Waals surface area contributed by atoms with Crippen LogP contribution in [-0.4, -0.2) is 50.0 Å². The molecule has 0 N–H and O–H groups in total. The first-order valence-corrected chi connectivity index (χ1v) is 9.84. The van der Waals surface area contributed by atoms with Crippen LogP contribution >= 0.6 is 11.8 Å². The molecule has 2 aromatic heterocycles. The number of nitro groups is 1. The zero-order valence-electron chi connectivity index (χ0n) is 17.2. The molecule has 1 aromatic carbocycles. The molecule has 30 heavy (non-hydrogen) atoms. The Hall–Kier alpha value is -3.41. The van der Waals surface area contributed by atoms with Gasteiger partial charge in [-0.15, -0.1) is 10.2 Å². The second kappa shape index (κ2) is 8.95. The monoisotopic (exact) mass is 431 g/mol. The summed E-state index contributed by atoms with van der Waals surface area (Å²) >= 11 is 1.32. The average molecular weight is 431 g/mol. The summed E-state index contributed by atoms with van der Waals surface area (Å²) in [5.41, 5.74) is 1.61. The Morgan fingerprint density at radius 2 is 2.00 bits per heavy atom. The Bertz CT molecular complexity index is 1110. The van der Waals surface area contributed by atoms with Crippen molar-refractivity contribution < 1.29 is 14.4 Å². The highest BCUT2D eigenvalue weighted by Crippen LogP contribution is 2.30. The van der Waals surface area contributed by atoms with E-state index in [2.05, 4.69) is 20.4 Å². The molecule has 0 aliphatic heterocycles. The normalized spacial score (nSPS) is 11.2. The minimum atomic E-state index is -0.419. The highest BCUT2D eigenvalue weighted by molar-refractivity contribution is 7.98. The lowest BCUT2D eigenvalue weighted by Gasteiger charge is -2.09. The predicted octanol–water partition coefficient (Wildman–Crippen LogP) is 2.96. The predicted molar refractivity (Wildman–Crippen MR) is 112 cm³/mol. The molecule has 0 aliphatic rings. The van der Waals surface area contributed by atoms with Crippen molar-refractivity contribution in [1.82, 2.24) is 24.7 Å². The van der Waals surface area contributed by atoms with Crippen LogP contribution in [-0.2, 0) is 5.88 Å². The summed E-state index contributed by atoms with van der Waals surface area (Å²) in [6, 6.07) is 5.49. The van der Waals surface area contributed by atoms with Gasteiger partial charge in [-0.2, -0.15) is 14.9 Å². The molecule has 11 nitrogen and oxygen atoms in total. The minimum absolute atomic E-state index is 0.0244. The molecular weight excluding hydrogens is 410 g/mol. The van der Waals surface area contributed by atoms with Gasteiger partial charge in [-0.3, -0.25) is 14.8 Å². The van der Waals surface area contributed by atoms with Gasteiger partial charge in [-0.25, -0.2) is 0 Å². The van der Waals surface area contributed by atoms with E-state index in [0.29, 0.717) is 39.7 Å². The molecule has 0 radical (unpaired) electrons. The molecular formula is C18H21N7O4S. The molecule has 0 fully saturated rings. The van der Waals surface area contributed by atoms with Crippen molar-refractivity contribution in [2.45, 2.75) is 31.8 Å². The fourth-order valence-corrected chi connectivity index (χ4v) is 3.78. The van der Waals surface area contributed by atoms with Gasteiger partial charge in [0.05, 0.1) is 31.2 Å². The third-order valence-electron chi connectivity index (χ3n) is 4.36. The number of para-hydroxylation sites is 1. The Kier molecular flexibility index (Phi) is 6.35. The van der Waals surface area contributed by atoms with Crippen LogP contribution in [0, 0.1) is 30.9 Å². The van der Waals surface area contributed by atoms with Crippen molar-refractivity contribution in [3.63, 3.8) is 0 Å². The third-order valence-corrected chi connectivity index (χ3v) is 5.24. The van der Waals surface area contributed by atoms with E-state index in [1.807, 2.05) is 12.1 Å². The molecule has 0 saturated heterocycles. The maximum absolute atomic E-state index is 11.2. The molecule has 2 heterocycles. The van der Waals surface area contributed by atoms with E-state index in [4.69, 9.17) is 9.47 Å². The van der Waals surface area contributed by atoms with Crippen LogP contribution in [0.4, 0.5) is 5.69 Å². The Morgan fingerprint density at radius 1 is 1.23 bits per heavy atom. The van der Waals surface area contributed by atoms with E-state index in [9.17, 15) is 10.1 Å². The molecule has 0 bridgehead atoms.